The molecule has 7 heteroatoms. The molecule has 3 rings (SSSR count). The Morgan fingerprint density at radius 1 is 1.15 bits per heavy atom. The number of nitrogens with one attached hydrogen (secondary N) is 1. The standard InChI is InChI=1S/C19H20N2O4S/c1-13(14-7-9-16(22)10-8-14)20-18(23)17-11-26(25)12-21(17)19(24)15-5-3-2-4-6-15/h2-10,13,17,22H,11-12H2,1H3,(H,20,23)/t13?,17-,26-/m0/s1. The largest absolute Gasteiger partial charge is 0.508 e. The van der Waals surface area contributed by atoms with Crippen molar-refractivity contribution in [3.63, 3.8) is 0 Å². The third-order valence-corrected chi connectivity index (χ3v) is 5.59. The zero-order valence-corrected chi connectivity index (χ0v) is 15.1. The second kappa shape index (κ2) is 7.70. The molecule has 3 atom stereocenters. The second-order valence-electron chi connectivity index (χ2n) is 6.21. The number of aromatic hydroxyl groups is 1. The Labute approximate surface area is 154 Å². The molecule has 1 aliphatic heterocycles. The molecule has 0 aliphatic carbocycles. The van der Waals surface area contributed by atoms with Gasteiger partial charge in [-0.05, 0) is 36.8 Å². The number of hydrogen-bond donors (Lipinski definition) is 2. The lowest BCUT2D eigenvalue weighted by Crippen LogP contribution is -2.47. The van der Waals surface area contributed by atoms with Gasteiger partial charge in [0.15, 0.2) is 0 Å². The van der Waals surface area contributed by atoms with Gasteiger partial charge >= 0.3 is 0 Å². The molecule has 1 unspecified atom stereocenters. The van der Waals surface area contributed by atoms with Gasteiger partial charge in [0.1, 0.15) is 11.8 Å². The fourth-order valence-electron chi connectivity index (χ4n) is 2.88. The average Bonchev–Trinajstić information content (AvgIpc) is 3.04. The average molecular weight is 372 g/mol. The first-order chi connectivity index (χ1) is 12.5. The molecule has 2 N–H and O–H groups in total. The van der Waals surface area contributed by atoms with Crippen molar-refractivity contribution >= 4 is 22.6 Å². The topological polar surface area (TPSA) is 86.7 Å². The van der Waals surface area contributed by atoms with Crippen LogP contribution in [0.25, 0.3) is 0 Å². The van der Waals surface area contributed by atoms with E-state index in [1.165, 1.54) is 4.90 Å². The van der Waals surface area contributed by atoms with Crippen molar-refractivity contribution < 1.29 is 18.9 Å². The van der Waals surface area contributed by atoms with E-state index in [1.54, 1.807) is 48.5 Å². The van der Waals surface area contributed by atoms with Crippen molar-refractivity contribution in [3.8, 4) is 5.75 Å². The minimum Gasteiger partial charge on any atom is -0.508 e. The summed E-state index contributed by atoms with van der Waals surface area (Å²) in [6, 6.07) is 14.2. The number of carbonyl (C=O) groups excluding carboxylic acids is 2. The van der Waals surface area contributed by atoms with Crippen LogP contribution in [-0.2, 0) is 15.6 Å². The lowest BCUT2D eigenvalue weighted by molar-refractivity contribution is -0.125. The lowest BCUT2D eigenvalue weighted by atomic mass is 10.1. The van der Waals surface area contributed by atoms with Crippen molar-refractivity contribution in [2.24, 2.45) is 0 Å². The van der Waals surface area contributed by atoms with Gasteiger partial charge in [0.2, 0.25) is 5.91 Å². The summed E-state index contributed by atoms with van der Waals surface area (Å²) < 4.78 is 12.0. The fraction of sp³-hybridized carbons (Fsp3) is 0.263. The summed E-state index contributed by atoms with van der Waals surface area (Å²) in [6.07, 6.45) is 0. The maximum atomic E-state index is 12.7. The Bertz CT molecular complexity index is 823. The van der Waals surface area contributed by atoms with Crippen LogP contribution in [0.1, 0.15) is 28.9 Å². The van der Waals surface area contributed by atoms with E-state index in [0.29, 0.717) is 5.56 Å². The van der Waals surface area contributed by atoms with E-state index in [9.17, 15) is 18.9 Å². The van der Waals surface area contributed by atoms with Crippen LogP contribution in [0.15, 0.2) is 54.6 Å². The zero-order chi connectivity index (χ0) is 18.7. The molecule has 0 spiro atoms. The summed E-state index contributed by atoms with van der Waals surface area (Å²) in [7, 11) is -1.25. The van der Waals surface area contributed by atoms with E-state index in [0.717, 1.165) is 5.56 Å². The Morgan fingerprint density at radius 2 is 1.81 bits per heavy atom. The van der Waals surface area contributed by atoms with Crippen LogP contribution in [0, 0.1) is 0 Å². The SMILES string of the molecule is CC(NC(=O)[C@@H]1C[S@](=O)CN1C(=O)c1ccccc1)c1ccc(O)cc1. The second-order valence-corrected chi connectivity index (χ2v) is 7.69. The molecule has 6 nitrogen and oxygen atoms in total. The minimum atomic E-state index is -1.25. The van der Waals surface area contributed by atoms with Crippen LogP contribution in [-0.4, -0.2) is 43.7 Å². The maximum absolute atomic E-state index is 12.7. The molecule has 1 fully saturated rings. The van der Waals surface area contributed by atoms with Gasteiger partial charge in [-0.2, -0.15) is 0 Å². The highest BCUT2D eigenvalue weighted by Gasteiger charge is 2.38. The zero-order valence-electron chi connectivity index (χ0n) is 14.3. The summed E-state index contributed by atoms with van der Waals surface area (Å²) in [5.41, 5.74) is 1.30. The molecule has 1 saturated heterocycles. The molecule has 2 amide bonds. The van der Waals surface area contributed by atoms with E-state index in [2.05, 4.69) is 5.32 Å². The van der Waals surface area contributed by atoms with Crippen molar-refractivity contribution in [2.75, 3.05) is 11.6 Å². The molecule has 0 saturated carbocycles. The number of phenols is 1. The smallest absolute Gasteiger partial charge is 0.255 e. The fourth-order valence-corrected chi connectivity index (χ4v) is 4.28. The summed E-state index contributed by atoms with van der Waals surface area (Å²) >= 11 is 0. The highest BCUT2D eigenvalue weighted by atomic mass is 32.2. The van der Waals surface area contributed by atoms with E-state index in [1.807, 2.05) is 13.0 Å². The van der Waals surface area contributed by atoms with Gasteiger partial charge in [0, 0.05) is 16.4 Å². The Kier molecular flexibility index (Phi) is 5.37. The number of carbonyl (C=O) groups is 2. The summed E-state index contributed by atoms with van der Waals surface area (Å²) in [4.78, 5) is 26.8. The van der Waals surface area contributed by atoms with Crippen molar-refractivity contribution in [1.82, 2.24) is 10.2 Å². The highest BCUT2D eigenvalue weighted by molar-refractivity contribution is 7.85. The van der Waals surface area contributed by atoms with Crippen LogP contribution in [0.3, 0.4) is 0 Å². The Hall–Kier alpha value is -2.67. The van der Waals surface area contributed by atoms with Gasteiger partial charge in [-0.25, -0.2) is 0 Å². The number of nitrogens with zero attached hydrogens (tertiary/aromatic N) is 1. The number of amides is 2. The van der Waals surface area contributed by atoms with E-state index < -0.39 is 16.8 Å². The monoisotopic (exact) mass is 372 g/mol. The first-order valence-electron chi connectivity index (χ1n) is 8.26. The molecule has 1 aliphatic rings. The first kappa shape index (κ1) is 18.1. The molecule has 0 aromatic heterocycles. The highest BCUT2D eigenvalue weighted by Crippen LogP contribution is 2.20. The van der Waals surface area contributed by atoms with Crippen LogP contribution in [0.2, 0.25) is 0 Å². The molecule has 0 radical (unpaired) electrons. The maximum Gasteiger partial charge on any atom is 0.255 e. The van der Waals surface area contributed by atoms with Crippen LogP contribution >= 0.6 is 0 Å². The number of benzene rings is 2. The normalized spacial score (nSPS) is 20.6. The van der Waals surface area contributed by atoms with Crippen molar-refractivity contribution in [2.45, 2.75) is 19.0 Å². The van der Waals surface area contributed by atoms with Gasteiger partial charge in [-0.3, -0.25) is 13.8 Å². The van der Waals surface area contributed by atoms with E-state index in [4.69, 9.17) is 0 Å². The third kappa shape index (κ3) is 3.94. The quantitative estimate of drug-likeness (QED) is 0.857. The van der Waals surface area contributed by atoms with Gasteiger partial charge in [-0.1, -0.05) is 30.3 Å². The van der Waals surface area contributed by atoms with E-state index >= 15 is 0 Å². The van der Waals surface area contributed by atoms with Crippen molar-refractivity contribution in [3.05, 3.63) is 65.7 Å². The van der Waals surface area contributed by atoms with Gasteiger partial charge in [0.25, 0.3) is 5.91 Å². The molecule has 136 valence electrons. The number of hydrogen-bond acceptors (Lipinski definition) is 4. The first-order valence-corrected chi connectivity index (χ1v) is 9.75. The Balaban J connectivity index is 1.73. The van der Waals surface area contributed by atoms with Gasteiger partial charge in [0.05, 0.1) is 17.7 Å². The molecular formula is C19H20N2O4S. The summed E-state index contributed by atoms with van der Waals surface area (Å²) in [6.45, 7) is 1.82. The summed E-state index contributed by atoms with van der Waals surface area (Å²) in [5.74, 6) is -0.292. The van der Waals surface area contributed by atoms with Crippen LogP contribution < -0.4 is 5.32 Å². The third-order valence-electron chi connectivity index (χ3n) is 4.34. The molecular weight excluding hydrogens is 352 g/mol. The molecule has 2 aromatic rings. The van der Waals surface area contributed by atoms with Crippen LogP contribution in [0.4, 0.5) is 0 Å². The number of rotatable bonds is 4. The predicted octanol–water partition coefficient (Wildman–Crippen LogP) is 1.80. The predicted molar refractivity (Wildman–Crippen MR) is 98.9 cm³/mol. The lowest BCUT2D eigenvalue weighted by Gasteiger charge is -2.24. The van der Waals surface area contributed by atoms with Gasteiger partial charge < -0.3 is 15.3 Å². The molecule has 2 aromatic carbocycles. The summed E-state index contributed by atoms with van der Waals surface area (Å²) in [5, 5.41) is 12.2. The van der Waals surface area contributed by atoms with Crippen LogP contribution in [0.5, 0.6) is 5.75 Å². The van der Waals surface area contributed by atoms with Crippen molar-refractivity contribution in [1.29, 1.82) is 0 Å². The Morgan fingerprint density at radius 3 is 2.46 bits per heavy atom. The molecule has 0 bridgehead atoms. The van der Waals surface area contributed by atoms with E-state index in [-0.39, 0.29) is 35.2 Å². The molecule has 1 heterocycles. The minimum absolute atomic E-state index is 0.0550. The number of phenolic OH excluding ortho intramolecular Hbond substituents is 1. The molecule has 26 heavy (non-hydrogen) atoms. The van der Waals surface area contributed by atoms with Gasteiger partial charge in [-0.15, -0.1) is 0 Å².